The summed E-state index contributed by atoms with van der Waals surface area (Å²) in [6.45, 7) is 0.824. The van der Waals surface area contributed by atoms with Crippen molar-refractivity contribution in [1.29, 1.82) is 0 Å². The lowest BCUT2D eigenvalue weighted by molar-refractivity contribution is -0.127. The van der Waals surface area contributed by atoms with Crippen LogP contribution < -0.4 is 16.6 Å². The normalized spacial score (nSPS) is 13.7. The number of carbonyl (C=O) groups is 4. The van der Waals surface area contributed by atoms with Crippen LogP contribution in [-0.4, -0.2) is 46.8 Å². The van der Waals surface area contributed by atoms with Crippen molar-refractivity contribution >= 4 is 77.0 Å². The molecule has 0 aliphatic heterocycles. The Kier molecular flexibility index (Phi) is 18.3. The standard InChI is InChI=1S/C16H26N3O5P5S/c1-11(20)13(7-9-30-8-5-3-2-4-6-15(22)24-25)19-28-29(26)27-16(23)12(17)10-14(18)21/h12-13,19,27-28H,5,7-10,17,25-26H2,1H3,(H2,18,21)/t12-,13?,29?/m0/s1. The number of Topliss-reactive ketones (excluding diaryl/α,β-unsaturated/α-hetero) is 1. The number of amides is 1. The van der Waals surface area contributed by atoms with Gasteiger partial charge < -0.3 is 16.0 Å². The highest BCUT2D eigenvalue weighted by molar-refractivity contribution is 8.73. The minimum absolute atomic E-state index is 0.0142. The highest BCUT2D eigenvalue weighted by atomic mass is 32.7. The Balaban J connectivity index is 4.16. The van der Waals surface area contributed by atoms with Gasteiger partial charge in [0, 0.05) is 24.5 Å². The van der Waals surface area contributed by atoms with Crippen LogP contribution in [0.5, 0.6) is 0 Å². The molecule has 30 heavy (non-hydrogen) atoms. The molecule has 166 valence electrons. The fourth-order valence-corrected chi connectivity index (χ4v) is 9.98. The van der Waals surface area contributed by atoms with Gasteiger partial charge in [-0.3, -0.25) is 19.5 Å². The van der Waals surface area contributed by atoms with Crippen molar-refractivity contribution in [2.24, 2.45) is 11.5 Å². The first kappa shape index (κ1) is 29.8. The molecule has 0 saturated carbocycles. The summed E-state index contributed by atoms with van der Waals surface area (Å²) in [5.41, 5.74) is 10.6. The van der Waals surface area contributed by atoms with Gasteiger partial charge in [0.25, 0.3) is 0 Å². The Labute approximate surface area is 190 Å². The van der Waals surface area contributed by atoms with Gasteiger partial charge in [0.2, 0.25) is 5.91 Å². The molecule has 5 N–H and O–H groups in total. The van der Waals surface area contributed by atoms with Crippen molar-refractivity contribution in [3.63, 3.8) is 0 Å². The molecule has 0 radical (unpaired) electrons. The molecule has 0 bridgehead atoms. The van der Waals surface area contributed by atoms with Crippen LogP contribution in [0.4, 0.5) is 0 Å². The molecule has 0 saturated heterocycles. The Morgan fingerprint density at radius 1 is 1.27 bits per heavy atom. The molecule has 0 aromatic rings. The first-order valence-electron chi connectivity index (χ1n) is 8.55. The lowest BCUT2D eigenvalue weighted by Gasteiger charge is -2.19. The van der Waals surface area contributed by atoms with Gasteiger partial charge in [-0.1, -0.05) is 5.92 Å². The summed E-state index contributed by atoms with van der Waals surface area (Å²) in [5.74, 6) is 10.4. The third kappa shape index (κ3) is 16.5. The van der Waals surface area contributed by atoms with Crippen molar-refractivity contribution in [3.8, 4) is 23.7 Å². The topological polar surface area (TPSA) is 142 Å². The van der Waals surface area contributed by atoms with Gasteiger partial charge in [0.15, 0.2) is 5.52 Å². The average molecular weight is 527 g/mol. The van der Waals surface area contributed by atoms with Crippen LogP contribution >= 0.6 is 53.8 Å². The van der Waals surface area contributed by atoms with E-state index in [1.165, 1.54) is 6.92 Å². The van der Waals surface area contributed by atoms with Crippen LogP contribution in [0.3, 0.4) is 0 Å². The van der Waals surface area contributed by atoms with Crippen molar-refractivity contribution in [2.75, 3.05) is 11.5 Å². The summed E-state index contributed by atoms with van der Waals surface area (Å²) in [4.78, 5) is 45.5. The third-order valence-electron chi connectivity index (χ3n) is 3.18. The van der Waals surface area contributed by atoms with Gasteiger partial charge in [0.05, 0.1) is 21.6 Å². The van der Waals surface area contributed by atoms with Crippen LogP contribution in [0.1, 0.15) is 26.2 Å². The van der Waals surface area contributed by atoms with E-state index in [4.69, 9.17) is 11.5 Å². The van der Waals surface area contributed by atoms with Crippen molar-refractivity contribution in [3.05, 3.63) is 0 Å². The van der Waals surface area contributed by atoms with E-state index in [1.54, 1.807) is 11.8 Å². The van der Waals surface area contributed by atoms with E-state index in [-0.39, 0.29) is 40.5 Å². The molecule has 0 spiro atoms. The van der Waals surface area contributed by atoms with Gasteiger partial charge in [-0.2, -0.15) is 11.8 Å². The third-order valence-corrected chi connectivity index (χ3v) is 12.8. The van der Waals surface area contributed by atoms with E-state index in [1.807, 2.05) is 9.47 Å². The van der Waals surface area contributed by atoms with E-state index in [0.29, 0.717) is 12.8 Å². The first-order valence-corrected chi connectivity index (χ1v) is 16.8. The van der Waals surface area contributed by atoms with E-state index in [0.717, 1.165) is 11.5 Å². The summed E-state index contributed by atoms with van der Waals surface area (Å²) < 4.78 is 4.29. The number of hydrogen-bond acceptors (Lipinski definition) is 8. The molecule has 0 aliphatic carbocycles. The maximum Gasteiger partial charge on any atom is 0.387 e. The van der Waals surface area contributed by atoms with Gasteiger partial charge in [-0.05, 0) is 54.6 Å². The number of rotatable bonds is 14. The predicted octanol–water partition coefficient (Wildman–Crippen LogP) is 1.49. The van der Waals surface area contributed by atoms with Gasteiger partial charge in [-0.25, -0.2) is 4.79 Å². The zero-order valence-corrected chi connectivity index (χ0v) is 22.4. The fraction of sp³-hybridized carbons (Fsp3) is 0.500. The summed E-state index contributed by atoms with van der Waals surface area (Å²) in [6, 6.07) is -1.12. The molecule has 0 aliphatic rings. The SMILES string of the molecule is CC(=O)C(CCSCCC#CC#CC(=O)OP)NPP(P)PC(=O)[C@@H](N)CC(N)=O. The smallest absolute Gasteiger partial charge is 0.387 e. The highest BCUT2D eigenvalue weighted by Gasteiger charge is 2.20. The predicted molar refractivity (Wildman–Crippen MR) is 136 cm³/mol. The number of carbonyl (C=O) groups excluding carboxylic acids is 4. The number of nitrogens with one attached hydrogen (secondary N) is 1. The molecular weight excluding hydrogens is 501 g/mol. The second kappa shape index (κ2) is 18.4. The van der Waals surface area contributed by atoms with Crippen LogP contribution in [0.15, 0.2) is 0 Å². The van der Waals surface area contributed by atoms with Gasteiger partial charge in [-0.15, -0.1) is 8.93 Å². The largest absolute Gasteiger partial charge is 0.442 e. The molecule has 0 fully saturated rings. The quantitative estimate of drug-likeness (QED) is 0.175. The summed E-state index contributed by atoms with van der Waals surface area (Å²) >= 11 is 1.67. The summed E-state index contributed by atoms with van der Waals surface area (Å²) in [5, 5.41) is 3.24. The molecule has 7 atom stereocenters. The van der Waals surface area contributed by atoms with Crippen molar-refractivity contribution in [2.45, 2.75) is 38.3 Å². The van der Waals surface area contributed by atoms with Crippen LogP contribution in [-0.2, 0) is 23.7 Å². The second-order valence-corrected chi connectivity index (χ2v) is 19.3. The van der Waals surface area contributed by atoms with E-state index in [2.05, 4.69) is 42.2 Å². The number of hydrogen-bond donors (Lipinski definition) is 3. The summed E-state index contributed by atoms with van der Waals surface area (Å²) in [6.07, 6.45) is 1.15. The molecule has 0 aromatic heterocycles. The Morgan fingerprint density at radius 3 is 2.57 bits per heavy atom. The molecule has 0 heterocycles. The number of ketones is 1. The molecule has 8 nitrogen and oxygen atoms in total. The van der Waals surface area contributed by atoms with Crippen LogP contribution in [0, 0.1) is 23.7 Å². The minimum Gasteiger partial charge on any atom is -0.442 e. The molecule has 0 aromatic carbocycles. The van der Waals surface area contributed by atoms with Gasteiger partial charge in [0.1, 0.15) is 5.78 Å². The zero-order valence-electron chi connectivity index (χ0n) is 16.4. The highest BCUT2D eigenvalue weighted by Crippen LogP contribution is 2.74. The molecule has 6 unspecified atom stereocenters. The van der Waals surface area contributed by atoms with Crippen molar-refractivity contribution in [1.82, 2.24) is 5.09 Å². The Hall–Kier alpha value is -0.180. The lowest BCUT2D eigenvalue weighted by Crippen LogP contribution is -2.32. The van der Waals surface area contributed by atoms with Gasteiger partial charge >= 0.3 is 5.97 Å². The monoisotopic (exact) mass is 527 g/mol. The van der Waals surface area contributed by atoms with Crippen LogP contribution in [0.2, 0.25) is 0 Å². The Bertz CT molecular complexity index is 734. The maximum absolute atomic E-state index is 12.0. The first-order chi connectivity index (χ1) is 14.2. The lowest BCUT2D eigenvalue weighted by atomic mass is 10.2. The van der Waals surface area contributed by atoms with E-state index in [9.17, 15) is 19.2 Å². The average Bonchev–Trinajstić information content (AvgIpc) is 2.67. The van der Waals surface area contributed by atoms with E-state index >= 15 is 0 Å². The van der Waals surface area contributed by atoms with Crippen LogP contribution in [0.25, 0.3) is 0 Å². The minimum atomic E-state index is -0.857. The molecule has 14 heteroatoms. The number of nitrogens with two attached hydrogens (primary N) is 2. The van der Waals surface area contributed by atoms with E-state index < -0.39 is 24.9 Å². The number of primary amides is 1. The summed E-state index contributed by atoms with van der Waals surface area (Å²) in [7, 11) is 4.71. The number of thioether (sulfide) groups is 1. The second-order valence-electron chi connectivity index (χ2n) is 5.65. The molecule has 0 rings (SSSR count). The fourth-order valence-electron chi connectivity index (χ4n) is 1.71. The maximum atomic E-state index is 12.0. The van der Waals surface area contributed by atoms with Crippen molar-refractivity contribution < 1.29 is 23.7 Å². The zero-order chi connectivity index (χ0) is 22.9. The Morgan fingerprint density at radius 2 is 1.97 bits per heavy atom. The molecule has 1 amide bonds. The molecular formula is C16H26N3O5P5S.